The second kappa shape index (κ2) is 13.9. The molecule has 0 bridgehead atoms. The monoisotopic (exact) mass is 508 g/mol. The molecule has 0 aliphatic carbocycles. The highest BCUT2D eigenvalue weighted by Crippen LogP contribution is 2.20. The molecule has 0 fully saturated rings. The van der Waals surface area contributed by atoms with Gasteiger partial charge in [0.15, 0.2) is 5.65 Å². The lowest BCUT2D eigenvalue weighted by Crippen LogP contribution is -2.26. The van der Waals surface area contributed by atoms with Gasteiger partial charge in [-0.25, -0.2) is 4.98 Å². The van der Waals surface area contributed by atoms with Crippen molar-refractivity contribution in [2.24, 2.45) is 5.92 Å². The molecule has 1 amide bonds. The molecule has 0 aliphatic heterocycles. The molecule has 1 atom stereocenters. The number of nitrogens with zero attached hydrogens (tertiary/aromatic N) is 4. The van der Waals surface area contributed by atoms with Crippen molar-refractivity contribution in [2.45, 2.75) is 52.9 Å². The summed E-state index contributed by atoms with van der Waals surface area (Å²) in [7, 11) is 3.64. The van der Waals surface area contributed by atoms with Gasteiger partial charge in [0, 0.05) is 44.2 Å². The lowest BCUT2D eigenvalue weighted by atomic mass is 9.99. The maximum Gasteiger partial charge on any atom is 0.256 e. The first-order valence-electron chi connectivity index (χ1n) is 13.2. The number of fused-ring (bicyclic) bond motifs is 1. The summed E-state index contributed by atoms with van der Waals surface area (Å²) in [5.41, 5.74) is 2.32. The Hall–Kier alpha value is -3.30. The number of hydrogen-bond acceptors (Lipinski definition) is 7. The van der Waals surface area contributed by atoms with Gasteiger partial charge in [-0.1, -0.05) is 33.1 Å². The summed E-state index contributed by atoms with van der Waals surface area (Å²) in [5, 5.41) is 8.73. The number of hydroxylamine groups is 2. The van der Waals surface area contributed by atoms with E-state index in [-0.39, 0.29) is 11.5 Å². The molecule has 0 saturated heterocycles. The second-order valence-electron chi connectivity index (χ2n) is 9.48. The van der Waals surface area contributed by atoms with Crippen LogP contribution in [0.25, 0.3) is 16.7 Å². The normalized spacial score (nSPS) is 12.2. The minimum Gasteiger partial charge on any atom is -0.354 e. The number of anilines is 1. The van der Waals surface area contributed by atoms with E-state index in [1.54, 1.807) is 40.0 Å². The number of carbonyl (C=O) groups is 1. The zero-order valence-corrected chi connectivity index (χ0v) is 22.7. The van der Waals surface area contributed by atoms with E-state index in [4.69, 9.17) is 9.82 Å². The molecular formula is C28H40N6O3. The van der Waals surface area contributed by atoms with E-state index >= 15 is 0 Å². The summed E-state index contributed by atoms with van der Waals surface area (Å²) in [6.07, 6.45) is 5.35. The highest BCUT2D eigenvalue weighted by Gasteiger charge is 2.14. The third kappa shape index (κ3) is 7.84. The first-order valence-corrected chi connectivity index (χ1v) is 13.2. The average molecular weight is 509 g/mol. The molecule has 0 saturated carbocycles. The van der Waals surface area contributed by atoms with E-state index in [0.29, 0.717) is 48.3 Å². The Morgan fingerprint density at radius 1 is 1.08 bits per heavy atom. The van der Waals surface area contributed by atoms with Gasteiger partial charge in [-0.3, -0.25) is 19.0 Å². The van der Waals surface area contributed by atoms with Crippen molar-refractivity contribution in [3.05, 3.63) is 58.0 Å². The Balaban J connectivity index is 1.80. The molecule has 9 nitrogen and oxygen atoms in total. The van der Waals surface area contributed by atoms with Crippen LogP contribution in [0.5, 0.6) is 0 Å². The Labute approximate surface area is 219 Å². The molecule has 200 valence electrons. The van der Waals surface area contributed by atoms with Crippen LogP contribution in [0.15, 0.2) is 41.2 Å². The molecule has 2 N–H and O–H groups in total. The molecule has 37 heavy (non-hydrogen) atoms. The van der Waals surface area contributed by atoms with Crippen LogP contribution in [-0.2, 0) is 4.84 Å². The Kier molecular flexibility index (Phi) is 10.6. The van der Waals surface area contributed by atoms with Gasteiger partial charge in [0.05, 0.1) is 18.0 Å². The fraction of sp³-hybridized carbons (Fsp3) is 0.500. The van der Waals surface area contributed by atoms with Gasteiger partial charge in [0.25, 0.3) is 11.5 Å². The molecule has 2 aromatic heterocycles. The summed E-state index contributed by atoms with van der Waals surface area (Å²) in [5.74, 6) is 0.908. The van der Waals surface area contributed by atoms with Crippen molar-refractivity contribution in [3.8, 4) is 5.69 Å². The molecule has 3 rings (SSSR count). The molecule has 0 aliphatic rings. The maximum absolute atomic E-state index is 12.9. The van der Waals surface area contributed by atoms with E-state index in [1.165, 1.54) is 25.3 Å². The van der Waals surface area contributed by atoms with Gasteiger partial charge in [-0.15, -0.1) is 0 Å². The predicted octanol–water partition coefficient (Wildman–Crippen LogP) is 4.33. The molecule has 0 radical (unpaired) electrons. The lowest BCUT2D eigenvalue weighted by molar-refractivity contribution is -0.119. The molecule has 1 unspecified atom stereocenters. The number of rotatable bonds is 14. The lowest BCUT2D eigenvalue weighted by Gasteiger charge is -2.17. The van der Waals surface area contributed by atoms with Crippen molar-refractivity contribution in [3.63, 3.8) is 0 Å². The number of aromatic nitrogens is 3. The van der Waals surface area contributed by atoms with Gasteiger partial charge >= 0.3 is 0 Å². The fourth-order valence-electron chi connectivity index (χ4n) is 4.16. The number of benzene rings is 1. The zero-order valence-electron chi connectivity index (χ0n) is 22.7. The number of nitrogens with one attached hydrogen (secondary N) is 2. The first-order chi connectivity index (χ1) is 17.8. The van der Waals surface area contributed by atoms with Gasteiger partial charge in [0.2, 0.25) is 5.95 Å². The second-order valence-corrected chi connectivity index (χ2v) is 9.48. The van der Waals surface area contributed by atoms with Gasteiger partial charge in [0.1, 0.15) is 0 Å². The average Bonchev–Trinajstić information content (AvgIpc) is 2.88. The SMILES string of the molecule is CCCCC(CC)CNc1nc(C)c2ccc(=O)n(-c3ccc(C(=O)NCCCON(C)C)cc3)c2n1. The minimum absolute atomic E-state index is 0.167. The number of amides is 1. The smallest absolute Gasteiger partial charge is 0.256 e. The molecule has 3 aromatic rings. The summed E-state index contributed by atoms with van der Waals surface area (Å²) >= 11 is 0. The minimum atomic E-state index is -0.191. The molecule has 0 spiro atoms. The largest absolute Gasteiger partial charge is 0.354 e. The summed E-state index contributed by atoms with van der Waals surface area (Å²) in [6.45, 7) is 8.18. The van der Waals surface area contributed by atoms with E-state index in [9.17, 15) is 9.59 Å². The topological polar surface area (TPSA) is 101 Å². The van der Waals surface area contributed by atoms with E-state index in [2.05, 4.69) is 29.5 Å². The molecule has 2 heterocycles. The van der Waals surface area contributed by atoms with Crippen LogP contribution in [0.3, 0.4) is 0 Å². The number of carbonyl (C=O) groups excluding carboxylic acids is 1. The van der Waals surface area contributed by atoms with Crippen LogP contribution in [0.4, 0.5) is 5.95 Å². The van der Waals surface area contributed by atoms with Crippen LogP contribution < -0.4 is 16.2 Å². The molecule has 9 heteroatoms. The third-order valence-corrected chi connectivity index (χ3v) is 6.38. The van der Waals surface area contributed by atoms with Crippen LogP contribution in [0, 0.1) is 12.8 Å². The van der Waals surface area contributed by atoms with Gasteiger partial charge < -0.3 is 10.6 Å². The number of hydrogen-bond donors (Lipinski definition) is 2. The van der Waals surface area contributed by atoms with E-state index in [0.717, 1.165) is 24.0 Å². The Bertz CT molecular complexity index is 1220. The molecular weight excluding hydrogens is 468 g/mol. The number of pyridine rings is 1. The number of unbranched alkanes of at least 4 members (excludes halogenated alkanes) is 1. The van der Waals surface area contributed by atoms with Crippen molar-refractivity contribution in [1.82, 2.24) is 24.9 Å². The predicted molar refractivity (Wildman–Crippen MR) is 148 cm³/mol. The Morgan fingerprint density at radius 3 is 2.51 bits per heavy atom. The zero-order chi connectivity index (χ0) is 26.8. The van der Waals surface area contributed by atoms with Crippen molar-refractivity contribution < 1.29 is 9.63 Å². The standard InChI is InChI=1S/C28H40N6O3/c1-6-8-10-21(7-2)19-30-28-31-20(3)24-15-16-25(35)34(26(24)32-28)23-13-11-22(12-14-23)27(36)29-17-9-18-37-33(4)5/h11-16,21H,6-10,17-19H2,1-5H3,(H,29,36)(H,30,31,32). The van der Waals surface area contributed by atoms with Crippen LogP contribution in [0.1, 0.15) is 62.0 Å². The van der Waals surface area contributed by atoms with Crippen LogP contribution in [0.2, 0.25) is 0 Å². The van der Waals surface area contributed by atoms with Gasteiger partial charge in [-0.05, 0) is 56.0 Å². The highest BCUT2D eigenvalue weighted by atomic mass is 16.7. The van der Waals surface area contributed by atoms with Crippen molar-refractivity contribution in [2.75, 3.05) is 39.1 Å². The van der Waals surface area contributed by atoms with Crippen LogP contribution >= 0.6 is 0 Å². The summed E-state index contributed by atoms with van der Waals surface area (Å²) < 4.78 is 1.57. The van der Waals surface area contributed by atoms with Crippen molar-refractivity contribution >= 4 is 22.9 Å². The van der Waals surface area contributed by atoms with E-state index in [1.807, 2.05) is 21.0 Å². The first kappa shape index (κ1) is 28.3. The van der Waals surface area contributed by atoms with E-state index < -0.39 is 0 Å². The number of aryl methyl sites for hydroxylation is 1. The third-order valence-electron chi connectivity index (χ3n) is 6.38. The Morgan fingerprint density at radius 2 is 1.84 bits per heavy atom. The van der Waals surface area contributed by atoms with Gasteiger partial charge in [-0.2, -0.15) is 10.0 Å². The summed E-state index contributed by atoms with van der Waals surface area (Å²) in [6, 6.07) is 10.3. The fourth-order valence-corrected chi connectivity index (χ4v) is 4.16. The van der Waals surface area contributed by atoms with Crippen molar-refractivity contribution in [1.29, 1.82) is 0 Å². The maximum atomic E-state index is 12.9. The molecule has 1 aromatic carbocycles. The quantitative estimate of drug-likeness (QED) is 0.247. The summed E-state index contributed by atoms with van der Waals surface area (Å²) in [4.78, 5) is 40.2. The van der Waals surface area contributed by atoms with Crippen LogP contribution in [-0.4, -0.2) is 59.3 Å². The highest BCUT2D eigenvalue weighted by molar-refractivity contribution is 5.94.